The average molecular weight is 383 g/mol. The van der Waals surface area contributed by atoms with Crippen molar-refractivity contribution >= 4 is 21.7 Å². The van der Waals surface area contributed by atoms with Crippen molar-refractivity contribution < 1.29 is 22.5 Å². The summed E-state index contributed by atoms with van der Waals surface area (Å²) in [5.41, 5.74) is 1.51. The van der Waals surface area contributed by atoms with E-state index in [0.29, 0.717) is 32.6 Å². The predicted molar refractivity (Wildman–Crippen MR) is 94.0 cm³/mol. The summed E-state index contributed by atoms with van der Waals surface area (Å²) in [5, 5.41) is 3.93. The highest BCUT2D eigenvalue weighted by atomic mass is 32.2. The van der Waals surface area contributed by atoms with Gasteiger partial charge in [0.1, 0.15) is 15.6 Å². The van der Waals surface area contributed by atoms with Crippen LogP contribution in [0.1, 0.15) is 36.3 Å². The third kappa shape index (κ3) is 3.92. The van der Waals surface area contributed by atoms with Crippen LogP contribution in [0.3, 0.4) is 0 Å². The van der Waals surface area contributed by atoms with Crippen LogP contribution in [-0.4, -0.2) is 66.8 Å². The molecule has 2 aliphatic heterocycles. The first kappa shape index (κ1) is 18.9. The van der Waals surface area contributed by atoms with E-state index in [2.05, 4.69) is 5.16 Å². The van der Waals surface area contributed by atoms with Gasteiger partial charge in [0, 0.05) is 49.7 Å². The Morgan fingerprint density at radius 3 is 2.65 bits per heavy atom. The van der Waals surface area contributed by atoms with Crippen LogP contribution >= 0.6 is 0 Å². The summed E-state index contributed by atoms with van der Waals surface area (Å²) in [6.07, 6.45) is 2.33. The topological polar surface area (TPSA) is 101 Å². The van der Waals surface area contributed by atoms with Crippen molar-refractivity contribution in [3.8, 4) is 0 Å². The van der Waals surface area contributed by atoms with Crippen molar-refractivity contribution in [3.63, 3.8) is 0 Å². The van der Waals surface area contributed by atoms with Gasteiger partial charge in [0.25, 0.3) is 0 Å². The molecule has 144 valence electrons. The van der Waals surface area contributed by atoms with E-state index in [-0.39, 0.29) is 29.4 Å². The Morgan fingerprint density at radius 1 is 1.31 bits per heavy atom. The van der Waals surface area contributed by atoms with Crippen LogP contribution in [0.5, 0.6) is 0 Å². The van der Waals surface area contributed by atoms with Gasteiger partial charge in [0.15, 0.2) is 0 Å². The number of aryl methyl sites for hydroxylation is 2. The van der Waals surface area contributed by atoms with Gasteiger partial charge < -0.3 is 14.3 Å². The van der Waals surface area contributed by atoms with E-state index in [0.717, 1.165) is 29.7 Å². The third-order valence-electron chi connectivity index (χ3n) is 5.41. The largest absolute Gasteiger partial charge is 0.361 e. The van der Waals surface area contributed by atoms with Gasteiger partial charge in [-0.15, -0.1) is 0 Å². The number of likely N-dealkylation sites (tertiary alicyclic amines) is 2. The minimum absolute atomic E-state index is 0.00561. The number of aromatic nitrogens is 1. The summed E-state index contributed by atoms with van der Waals surface area (Å²) in [6.45, 7) is 5.87. The Labute approximate surface area is 153 Å². The molecular weight excluding hydrogens is 358 g/mol. The quantitative estimate of drug-likeness (QED) is 0.741. The Bertz CT molecular complexity index is 812. The van der Waals surface area contributed by atoms with Gasteiger partial charge in [-0.3, -0.25) is 9.59 Å². The van der Waals surface area contributed by atoms with E-state index in [1.165, 1.54) is 0 Å². The lowest BCUT2D eigenvalue weighted by Gasteiger charge is -2.24. The van der Waals surface area contributed by atoms with Gasteiger partial charge in [-0.1, -0.05) is 5.16 Å². The molecule has 3 heterocycles. The molecule has 9 heteroatoms. The molecule has 2 aliphatic rings. The highest BCUT2D eigenvalue weighted by molar-refractivity contribution is 7.90. The number of hydrogen-bond acceptors (Lipinski definition) is 6. The predicted octanol–water partition coefficient (Wildman–Crippen LogP) is 0.677. The number of nitrogens with zero attached hydrogens (tertiary/aromatic N) is 3. The molecule has 8 nitrogen and oxygen atoms in total. The molecule has 1 unspecified atom stereocenters. The zero-order valence-electron chi connectivity index (χ0n) is 15.4. The first-order valence-corrected chi connectivity index (χ1v) is 10.8. The Balaban J connectivity index is 1.62. The lowest BCUT2D eigenvalue weighted by atomic mass is 9.86. The number of sulfone groups is 1. The van der Waals surface area contributed by atoms with Gasteiger partial charge in [-0.25, -0.2) is 8.42 Å². The van der Waals surface area contributed by atoms with Crippen LogP contribution in [0.2, 0.25) is 0 Å². The average Bonchev–Trinajstić information content (AvgIpc) is 3.19. The van der Waals surface area contributed by atoms with Crippen molar-refractivity contribution in [1.29, 1.82) is 0 Å². The minimum Gasteiger partial charge on any atom is -0.361 e. The van der Waals surface area contributed by atoms with Crippen LogP contribution in [-0.2, 0) is 26.0 Å². The van der Waals surface area contributed by atoms with Crippen molar-refractivity contribution in [1.82, 2.24) is 15.0 Å². The van der Waals surface area contributed by atoms with Crippen LogP contribution in [0.15, 0.2) is 4.52 Å². The highest BCUT2D eigenvalue weighted by Crippen LogP contribution is 2.41. The summed E-state index contributed by atoms with van der Waals surface area (Å²) in [5.74, 6) is 0.520. The molecule has 26 heavy (non-hydrogen) atoms. The van der Waals surface area contributed by atoms with E-state index in [1.807, 2.05) is 18.7 Å². The van der Waals surface area contributed by atoms with E-state index in [4.69, 9.17) is 4.52 Å². The molecule has 1 atom stereocenters. The molecule has 0 aliphatic carbocycles. The van der Waals surface area contributed by atoms with Crippen LogP contribution in [0.4, 0.5) is 0 Å². The lowest BCUT2D eigenvalue weighted by Crippen LogP contribution is -2.34. The third-order valence-corrected chi connectivity index (χ3v) is 6.36. The van der Waals surface area contributed by atoms with Crippen molar-refractivity contribution in [2.45, 2.75) is 39.7 Å². The SMILES string of the molecule is Cc1noc(C)c1CN1CC2(CCN(C(=O)CCS(C)(=O)=O)C2)CC1=O. The fourth-order valence-corrected chi connectivity index (χ4v) is 4.44. The van der Waals surface area contributed by atoms with Gasteiger partial charge in [-0.2, -0.15) is 0 Å². The molecule has 1 aromatic rings. The Kier molecular flexibility index (Phi) is 4.85. The number of carbonyl (C=O) groups is 2. The minimum atomic E-state index is -3.16. The van der Waals surface area contributed by atoms with Gasteiger partial charge in [-0.05, 0) is 20.3 Å². The molecule has 2 saturated heterocycles. The zero-order valence-corrected chi connectivity index (χ0v) is 16.3. The van der Waals surface area contributed by atoms with Gasteiger partial charge in [0.05, 0.1) is 18.0 Å². The molecule has 0 N–H and O–H groups in total. The van der Waals surface area contributed by atoms with Crippen LogP contribution in [0, 0.1) is 19.3 Å². The maximum Gasteiger partial charge on any atom is 0.223 e. The Hall–Kier alpha value is -1.90. The maximum atomic E-state index is 12.5. The molecule has 0 aromatic carbocycles. The van der Waals surface area contributed by atoms with E-state index < -0.39 is 9.84 Å². The maximum absolute atomic E-state index is 12.5. The van der Waals surface area contributed by atoms with Gasteiger partial charge >= 0.3 is 0 Å². The smallest absolute Gasteiger partial charge is 0.223 e. The van der Waals surface area contributed by atoms with Gasteiger partial charge in [0.2, 0.25) is 11.8 Å². The summed E-state index contributed by atoms with van der Waals surface area (Å²) >= 11 is 0. The Morgan fingerprint density at radius 2 is 2.04 bits per heavy atom. The number of hydrogen-bond donors (Lipinski definition) is 0. The molecule has 1 spiro atoms. The summed E-state index contributed by atoms with van der Waals surface area (Å²) in [4.78, 5) is 28.3. The first-order valence-electron chi connectivity index (χ1n) is 8.74. The second kappa shape index (κ2) is 6.68. The summed E-state index contributed by atoms with van der Waals surface area (Å²) < 4.78 is 27.7. The molecule has 2 fully saturated rings. The van der Waals surface area contributed by atoms with E-state index in [9.17, 15) is 18.0 Å². The van der Waals surface area contributed by atoms with Crippen molar-refractivity contribution in [3.05, 3.63) is 17.0 Å². The molecule has 1 aromatic heterocycles. The summed E-state index contributed by atoms with van der Waals surface area (Å²) in [6, 6.07) is 0. The molecule has 2 amide bonds. The second-order valence-corrected chi connectivity index (χ2v) is 9.93. The zero-order chi connectivity index (χ0) is 19.1. The fraction of sp³-hybridized carbons (Fsp3) is 0.706. The molecule has 0 bridgehead atoms. The molecule has 0 saturated carbocycles. The van der Waals surface area contributed by atoms with Crippen LogP contribution in [0.25, 0.3) is 0 Å². The highest BCUT2D eigenvalue weighted by Gasteiger charge is 2.48. The number of rotatable bonds is 5. The standard InChI is InChI=1S/C17H25N3O5S/c1-12-14(13(2)25-18-12)9-20-11-17(8-16(20)22)5-6-19(10-17)15(21)4-7-26(3,23)24/h4-11H2,1-3H3. The first-order chi connectivity index (χ1) is 12.1. The fourth-order valence-electron chi connectivity index (χ4n) is 3.90. The molecular formula is C17H25N3O5S. The van der Waals surface area contributed by atoms with E-state index in [1.54, 1.807) is 4.90 Å². The van der Waals surface area contributed by atoms with Crippen molar-refractivity contribution in [2.24, 2.45) is 5.41 Å². The second-order valence-electron chi connectivity index (χ2n) is 7.67. The number of amides is 2. The van der Waals surface area contributed by atoms with Crippen molar-refractivity contribution in [2.75, 3.05) is 31.6 Å². The normalized spacial score (nSPS) is 23.4. The van der Waals surface area contributed by atoms with Crippen LogP contribution < -0.4 is 0 Å². The molecule has 3 rings (SSSR count). The monoisotopic (exact) mass is 383 g/mol. The summed E-state index contributed by atoms with van der Waals surface area (Å²) in [7, 11) is -3.16. The van der Waals surface area contributed by atoms with E-state index >= 15 is 0 Å². The number of carbonyl (C=O) groups excluding carboxylic acids is 2. The lowest BCUT2D eigenvalue weighted by molar-refractivity contribution is -0.130. The molecule has 0 radical (unpaired) electrons.